The highest BCUT2D eigenvalue weighted by Gasteiger charge is 2.20. The van der Waals surface area contributed by atoms with E-state index in [1.807, 2.05) is 0 Å². The Bertz CT molecular complexity index is 436. The largest absolute Gasteiger partial charge is 0.350 e. The van der Waals surface area contributed by atoms with Crippen molar-refractivity contribution in [1.82, 2.24) is 15.5 Å². The van der Waals surface area contributed by atoms with Crippen LogP contribution < -0.4 is 5.32 Å². The first-order valence-electron chi connectivity index (χ1n) is 7.11. The van der Waals surface area contributed by atoms with Crippen LogP contribution in [0.5, 0.6) is 0 Å². The highest BCUT2D eigenvalue weighted by Crippen LogP contribution is 2.26. The number of aromatic amines is 1. The van der Waals surface area contributed by atoms with Crippen molar-refractivity contribution in [1.29, 1.82) is 0 Å². The summed E-state index contributed by atoms with van der Waals surface area (Å²) in [5.74, 6) is 0.877. The molecule has 0 saturated heterocycles. The van der Waals surface area contributed by atoms with Crippen LogP contribution in [0.25, 0.3) is 0 Å². The minimum atomic E-state index is -0.0828. The Hall–Kier alpha value is -0.840. The molecule has 0 bridgehead atoms. The van der Waals surface area contributed by atoms with E-state index in [4.69, 9.17) is 0 Å². The quantitative estimate of drug-likeness (QED) is 0.887. The third-order valence-electron chi connectivity index (χ3n) is 3.80. The standard InChI is InChI=1S/C14H22BrN3O/c1-9(2)12-11(15)13(18-17-12)14(19)16-8-10-6-4-3-5-7-10/h9-10H,3-8H2,1-2H3,(H,16,19)(H,17,18). The van der Waals surface area contributed by atoms with E-state index in [2.05, 4.69) is 45.3 Å². The summed E-state index contributed by atoms with van der Waals surface area (Å²) in [6.45, 7) is 4.92. The maximum absolute atomic E-state index is 12.1. The number of rotatable bonds is 4. The molecule has 1 aromatic heterocycles. The summed E-state index contributed by atoms with van der Waals surface area (Å²) in [6.07, 6.45) is 6.40. The molecule has 0 aromatic carbocycles. The third-order valence-corrected chi connectivity index (χ3v) is 4.60. The number of nitrogens with one attached hydrogen (secondary N) is 2. The van der Waals surface area contributed by atoms with Crippen LogP contribution >= 0.6 is 15.9 Å². The first-order valence-corrected chi connectivity index (χ1v) is 7.90. The van der Waals surface area contributed by atoms with Gasteiger partial charge < -0.3 is 5.32 Å². The Morgan fingerprint density at radius 1 is 1.42 bits per heavy atom. The van der Waals surface area contributed by atoms with E-state index in [0.29, 0.717) is 17.5 Å². The van der Waals surface area contributed by atoms with Crippen LogP contribution in [0, 0.1) is 5.92 Å². The fraction of sp³-hybridized carbons (Fsp3) is 0.714. The number of carbonyl (C=O) groups is 1. The summed E-state index contributed by atoms with van der Waals surface area (Å²) in [5, 5.41) is 10.1. The Morgan fingerprint density at radius 3 is 2.68 bits per heavy atom. The molecule has 1 aromatic rings. The topological polar surface area (TPSA) is 57.8 Å². The number of aromatic nitrogens is 2. The summed E-state index contributed by atoms with van der Waals surface area (Å²) in [5.41, 5.74) is 1.45. The fourth-order valence-electron chi connectivity index (χ4n) is 2.59. The van der Waals surface area contributed by atoms with Gasteiger partial charge in [-0.1, -0.05) is 33.1 Å². The van der Waals surface area contributed by atoms with Gasteiger partial charge in [-0.05, 0) is 40.6 Å². The van der Waals surface area contributed by atoms with E-state index in [0.717, 1.165) is 16.7 Å². The Morgan fingerprint density at radius 2 is 2.11 bits per heavy atom. The molecule has 1 amide bonds. The second kappa shape index (κ2) is 6.55. The second-order valence-corrected chi connectivity index (χ2v) is 6.46. The highest BCUT2D eigenvalue weighted by molar-refractivity contribution is 9.10. The lowest BCUT2D eigenvalue weighted by atomic mass is 9.89. The average molecular weight is 328 g/mol. The van der Waals surface area contributed by atoms with Crippen molar-refractivity contribution < 1.29 is 4.79 Å². The first kappa shape index (κ1) is 14.6. The van der Waals surface area contributed by atoms with Gasteiger partial charge in [-0.15, -0.1) is 0 Å². The lowest BCUT2D eigenvalue weighted by Gasteiger charge is -2.21. The van der Waals surface area contributed by atoms with Gasteiger partial charge in [0.25, 0.3) is 5.91 Å². The van der Waals surface area contributed by atoms with E-state index in [9.17, 15) is 4.79 Å². The summed E-state index contributed by atoms with van der Waals surface area (Å²) in [4.78, 5) is 12.1. The van der Waals surface area contributed by atoms with E-state index in [1.165, 1.54) is 32.1 Å². The molecule has 1 saturated carbocycles. The van der Waals surface area contributed by atoms with Crippen LogP contribution in [-0.2, 0) is 0 Å². The predicted octanol–water partition coefficient (Wildman–Crippen LogP) is 3.61. The average Bonchev–Trinajstić information content (AvgIpc) is 2.79. The van der Waals surface area contributed by atoms with Crippen molar-refractivity contribution in [2.24, 2.45) is 5.92 Å². The van der Waals surface area contributed by atoms with Crippen LogP contribution in [0.2, 0.25) is 0 Å². The van der Waals surface area contributed by atoms with Gasteiger partial charge in [-0.3, -0.25) is 9.89 Å². The summed E-state index contributed by atoms with van der Waals surface area (Å²) in [6, 6.07) is 0. The number of amides is 1. The number of nitrogens with zero attached hydrogens (tertiary/aromatic N) is 1. The lowest BCUT2D eigenvalue weighted by molar-refractivity contribution is 0.0938. The van der Waals surface area contributed by atoms with Crippen molar-refractivity contribution in [2.45, 2.75) is 51.9 Å². The van der Waals surface area contributed by atoms with E-state index >= 15 is 0 Å². The molecule has 0 atom stereocenters. The molecular formula is C14H22BrN3O. The molecule has 1 aliphatic carbocycles. The van der Waals surface area contributed by atoms with Gasteiger partial charge in [0.15, 0.2) is 5.69 Å². The van der Waals surface area contributed by atoms with Crippen LogP contribution in [-0.4, -0.2) is 22.6 Å². The van der Waals surface area contributed by atoms with E-state index in [1.54, 1.807) is 0 Å². The molecule has 19 heavy (non-hydrogen) atoms. The maximum atomic E-state index is 12.1. The second-order valence-electron chi connectivity index (χ2n) is 5.67. The number of hydrogen-bond donors (Lipinski definition) is 2. The molecule has 5 heteroatoms. The van der Waals surface area contributed by atoms with Crippen molar-refractivity contribution in [3.05, 3.63) is 15.9 Å². The number of H-pyrrole nitrogens is 1. The lowest BCUT2D eigenvalue weighted by Crippen LogP contribution is -2.30. The van der Waals surface area contributed by atoms with Crippen LogP contribution in [0.1, 0.15) is 68.1 Å². The smallest absolute Gasteiger partial charge is 0.272 e. The maximum Gasteiger partial charge on any atom is 0.272 e. The fourth-order valence-corrected chi connectivity index (χ4v) is 3.40. The van der Waals surface area contributed by atoms with Crippen LogP contribution in [0.3, 0.4) is 0 Å². The molecule has 0 radical (unpaired) electrons. The molecule has 1 fully saturated rings. The van der Waals surface area contributed by atoms with Crippen molar-refractivity contribution in [3.8, 4) is 0 Å². The number of carbonyl (C=O) groups excluding carboxylic acids is 1. The minimum absolute atomic E-state index is 0.0828. The molecule has 0 aliphatic heterocycles. The van der Waals surface area contributed by atoms with Gasteiger partial charge >= 0.3 is 0 Å². The van der Waals surface area contributed by atoms with Crippen molar-refractivity contribution in [2.75, 3.05) is 6.54 Å². The summed E-state index contributed by atoms with van der Waals surface area (Å²) < 4.78 is 0.795. The molecule has 106 valence electrons. The summed E-state index contributed by atoms with van der Waals surface area (Å²) >= 11 is 3.46. The third kappa shape index (κ3) is 3.59. The predicted molar refractivity (Wildman–Crippen MR) is 79.3 cm³/mol. The van der Waals surface area contributed by atoms with Gasteiger partial charge in [-0.2, -0.15) is 5.10 Å². The zero-order chi connectivity index (χ0) is 13.8. The molecule has 0 spiro atoms. The molecule has 2 N–H and O–H groups in total. The van der Waals surface area contributed by atoms with Crippen LogP contribution in [0.15, 0.2) is 4.47 Å². The zero-order valence-electron chi connectivity index (χ0n) is 11.6. The SMILES string of the molecule is CC(C)c1[nH]nc(C(=O)NCC2CCCCC2)c1Br. The monoisotopic (exact) mass is 327 g/mol. The number of hydrogen-bond acceptors (Lipinski definition) is 2. The zero-order valence-corrected chi connectivity index (χ0v) is 13.2. The molecule has 2 rings (SSSR count). The molecule has 1 aliphatic rings. The molecule has 1 heterocycles. The highest BCUT2D eigenvalue weighted by atomic mass is 79.9. The van der Waals surface area contributed by atoms with Crippen molar-refractivity contribution in [3.63, 3.8) is 0 Å². The van der Waals surface area contributed by atoms with Gasteiger partial charge in [0.1, 0.15) is 0 Å². The normalized spacial score (nSPS) is 16.8. The first-order chi connectivity index (χ1) is 9.09. The Balaban J connectivity index is 1.92. The summed E-state index contributed by atoms with van der Waals surface area (Å²) in [7, 11) is 0. The van der Waals surface area contributed by atoms with E-state index < -0.39 is 0 Å². The molecular weight excluding hydrogens is 306 g/mol. The van der Waals surface area contributed by atoms with Gasteiger partial charge in [0, 0.05) is 6.54 Å². The van der Waals surface area contributed by atoms with E-state index in [-0.39, 0.29) is 5.91 Å². The molecule has 0 unspecified atom stereocenters. The van der Waals surface area contributed by atoms with Crippen LogP contribution in [0.4, 0.5) is 0 Å². The number of halogens is 1. The van der Waals surface area contributed by atoms with Gasteiger partial charge in [0.05, 0.1) is 10.2 Å². The van der Waals surface area contributed by atoms with Gasteiger partial charge in [-0.25, -0.2) is 0 Å². The molecule has 4 nitrogen and oxygen atoms in total. The van der Waals surface area contributed by atoms with Gasteiger partial charge in [0.2, 0.25) is 0 Å². The minimum Gasteiger partial charge on any atom is -0.350 e. The van der Waals surface area contributed by atoms with Crippen molar-refractivity contribution >= 4 is 21.8 Å². The Kier molecular flexibility index (Phi) is 5.02. The Labute approximate surface area is 122 Å².